The van der Waals surface area contributed by atoms with Gasteiger partial charge in [0.25, 0.3) is 0 Å². The van der Waals surface area contributed by atoms with Crippen molar-refractivity contribution in [3.8, 4) is 55.6 Å². The molecule has 0 aliphatic heterocycles. The maximum absolute atomic E-state index is 2.42. The Hall–Kier alpha value is -5.98. The lowest BCUT2D eigenvalue weighted by Crippen LogP contribution is -2.15. The van der Waals surface area contributed by atoms with E-state index < -0.39 is 0 Å². The van der Waals surface area contributed by atoms with E-state index in [-0.39, 0.29) is 10.8 Å². The van der Waals surface area contributed by atoms with Crippen LogP contribution in [-0.4, -0.2) is 0 Å². The van der Waals surface area contributed by atoms with Crippen LogP contribution >= 0.6 is 0 Å². The first-order valence-corrected chi connectivity index (χ1v) is 18.9. The topological polar surface area (TPSA) is 0 Å². The molecule has 0 aromatic heterocycles. The summed E-state index contributed by atoms with van der Waals surface area (Å²) in [6.07, 6.45) is 0. The van der Waals surface area contributed by atoms with Gasteiger partial charge in [-0.3, -0.25) is 0 Å². The molecule has 0 heteroatoms. The molecule has 0 amide bonds. The average molecular weight is 679 g/mol. The molecular formula is C53H42. The molecule has 254 valence electrons. The second-order valence-corrected chi connectivity index (χ2v) is 16.6. The standard InChI is InChI=1S/C53H42/c1-52(2,3)43-29-41-19-18-36-20-24-44(47-27-23-42(30-43)50(41)51(36)47)40-13-9-12-37(28-40)34-14-16-35(17-15-34)39-22-26-46-45-25-21-38(33-10-7-6-8-11-33)31-48(45)53(4,5)49(46)32-39/h6-32H,1-5H3. The highest BCUT2D eigenvalue weighted by Crippen LogP contribution is 2.51. The number of hydrogen-bond donors (Lipinski definition) is 0. The molecular weight excluding hydrogens is 637 g/mol. The van der Waals surface area contributed by atoms with Crippen LogP contribution in [0.2, 0.25) is 0 Å². The highest BCUT2D eigenvalue weighted by Gasteiger charge is 2.36. The van der Waals surface area contributed by atoms with E-state index >= 15 is 0 Å². The molecule has 10 rings (SSSR count). The molecule has 0 radical (unpaired) electrons. The van der Waals surface area contributed by atoms with Gasteiger partial charge in [-0.1, -0.05) is 180 Å². The number of rotatable bonds is 4. The Labute approximate surface area is 312 Å². The third-order valence-electron chi connectivity index (χ3n) is 12.0. The lowest BCUT2D eigenvalue weighted by molar-refractivity contribution is 0.591. The maximum atomic E-state index is 2.42. The van der Waals surface area contributed by atoms with Crippen LogP contribution in [0.5, 0.6) is 0 Å². The lowest BCUT2D eigenvalue weighted by atomic mass is 9.81. The Kier molecular flexibility index (Phi) is 6.89. The van der Waals surface area contributed by atoms with E-state index in [2.05, 4.69) is 198 Å². The molecule has 0 atom stereocenters. The van der Waals surface area contributed by atoms with Crippen molar-refractivity contribution < 1.29 is 0 Å². The van der Waals surface area contributed by atoms with Crippen LogP contribution in [0, 0.1) is 0 Å². The first-order chi connectivity index (χ1) is 25.6. The lowest BCUT2D eigenvalue weighted by Gasteiger charge is -2.22. The highest BCUT2D eigenvalue weighted by molar-refractivity contribution is 6.25. The van der Waals surface area contributed by atoms with Crippen LogP contribution in [-0.2, 0) is 10.8 Å². The fourth-order valence-corrected chi connectivity index (χ4v) is 8.95. The van der Waals surface area contributed by atoms with E-state index in [0.29, 0.717) is 0 Å². The van der Waals surface area contributed by atoms with Crippen molar-refractivity contribution in [2.45, 2.75) is 45.4 Å². The molecule has 0 N–H and O–H groups in total. The molecule has 0 unspecified atom stereocenters. The summed E-state index contributed by atoms with van der Waals surface area (Å²) in [5, 5.41) is 8.00. The first-order valence-electron chi connectivity index (χ1n) is 18.9. The molecule has 53 heavy (non-hydrogen) atoms. The molecule has 0 fully saturated rings. The third-order valence-corrected chi connectivity index (χ3v) is 12.0. The third kappa shape index (κ3) is 5.04. The molecule has 0 bridgehead atoms. The Balaban J connectivity index is 0.978. The highest BCUT2D eigenvalue weighted by atomic mass is 14.4. The van der Waals surface area contributed by atoms with Crippen LogP contribution in [0.25, 0.3) is 88.0 Å². The summed E-state index contributed by atoms with van der Waals surface area (Å²) in [6.45, 7) is 11.6. The van der Waals surface area contributed by atoms with Gasteiger partial charge in [-0.25, -0.2) is 0 Å². The molecule has 9 aromatic carbocycles. The zero-order chi connectivity index (χ0) is 36.1. The van der Waals surface area contributed by atoms with Crippen LogP contribution < -0.4 is 0 Å². The molecule has 1 aliphatic rings. The second kappa shape index (κ2) is 11.5. The summed E-state index contributed by atoms with van der Waals surface area (Å²) in [5.74, 6) is 0. The summed E-state index contributed by atoms with van der Waals surface area (Å²) >= 11 is 0. The van der Waals surface area contributed by atoms with E-state index in [0.717, 1.165) is 0 Å². The van der Waals surface area contributed by atoms with E-state index in [1.54, 1.807) is 0 Å². The smallest absolute Gasteiger partial charge is 0.0159 e. The van der Waals surface area contributed by atoms with Gasteiger partial charge in [0.15, 0.2) is 0 Å². The van der Waals surface area contributed by atoms with E-state index in [9.17, 15) is 0 Å². The molecule has 0 saturated carbocycles. The van der Waals surface area contributed by atoms with Crippen LogP contribution in [0.4, 0.5) is 0 Å². The minimum absolute atomic E-state index is 0.0770. The molecule has 0 heterocycles. The van der Waals surface area contributed by atoms with Crippen molar-refractivity contribution >= 4 is 32.3 Å². The molecule has 0 spiro atoms. The van der Waals surface area contributed by atoms with Crippen molar-refractivity contribution in [2.24, 2.45) is 0 Å². The minimum atomic E-state index is -0.0770. The van der Waals surface area contributed by atoms with Crippen molar-refractivity contribution in [3.05, 3.63) is 180 Å². The summed E-state index contributed by atoms with van der Waals surface area (Å²) < 4.78 is 0. The molecule has 9 aromatic rings. The Bertz CT molecular complexity index is 2840. The maximum Gasteiger partial charge on any atom is 0.0159 e. The van der Waals surface area contributed by atoms with Crippen LogP contribution in [0.15, 0.2) is 164 Å². The summed E-state index contributed by atoms with van der Waals surface area (Å²) in [7, 11) is 0. The summed E-state index contributed by atoms with van der Waals surface area (Å²) in [4.78, 5) is 0. The second-order valence-electron chi connectivity index (χ2n) is 16.6. The average Bonchev–Trinajstić information content (AvgIpc) is 3.41. The van der Waals surface area contributed by atoms with Gasteiger partial charge >= 0.3 is 0 Å². The number of benzene rings is 9. The monoisotopic (exact) mass is 678 g/mol. The predicted octanol–water partition coefficient (Wildman–Crippen LogP) is 14.9. The van der Waals surface area contributed by atoms with E-state index in [4.69, 9.17) is 0 Å². The minimum Gasteiger partial charge on any atom is -0.0622 e. The van der Waals surface area contributed by atoms with Crippen molar-refractivity contribution in [1.82, 2.24) is 0 Å². The number of hydrogen-bond acceptors (Lipinski definition) is 0. The van der Waals surface area contributed by atoms with E-state index in [1.165, 1.54) is 105 Å². The van der Waals surface area contributed by atoms with Crippen molar-refractivity contribution in [1.29, 1.82) is 0 Å². The van der Waals surface area contributed by atoms with Gasteiger partial charge < -0.3 is 0 Å². The Morgan fingerprint density at radius 1 is 0.358 bits per heavy atom. The SMILES string of the molecule is CC(C)(C)c1cc2ccc3ccc(-c4cccc(-c5ccc(-c6ccc7c(c6)C(C)(C)c6cc(-c8ccccc8)ccc6-7)cc5)c4)c4ccc(c1)c2c34. The van der Waals surface area contributed by atoms with Crippen molar-refractivity contribution in [3.63, 3.8) is 0 Å². The Morgan fingerprint density at radius 3 is 1.45 bits per heavy atom. The zero-order valence-electron chi connectivity index (χ0n) is 31.1. The van der Waals surface area contributed by atoms with Crippen LogP contribution in [0.1, 0.15) is 51.3 Å². The van der Waals surface area contributed by atoms with Gasteiger partial charge in [0.05, 0.1) is 0 Å². The fourth-order valence-electron chi connectivity index (χ4n) is 8.95. The first kappa shape index (κ1) is 31.7. The van der Waals surface area contributed by atoms with Crippen LogP contribution in [0.3, 0.4) is 0 Å². The predicted molar refractivity (Wildman–Crippen MR) is 228 cm³/mol. The van der Waals surface area contributed by atoms with E-state index in [1.807, 2.05) is 0 Å². The molecule has 0 saturated heterocycles. The van der Waals surface area contributed by atoms with Gasteiger partial charge in [0.2, 0.25) is 0 Å². The van der Waals surface area contributed by atoms with Gasteiger partial charge in [-0.2, -0.15) is 0 Å². The Morgan fingerprint density at radius 2 is 0.830 bits per heavy atom. The zero-order valence-corrected chi connectivity index (χ0v) is 31.1. The van der Waals surface area contributed by atoms with Gasteiger partial charge in [0, 0.05) is 5.41 Å². The number of fused-ring (bicyclic) bond motifs is 3. The van der Waals surface area contributed by atoms with Gasteiger partial charge in [-0.15, -0.1) is 0 Å². The van der Waals surface area contributed by atoms with Gasteiger partial charge in [0.1, 0.15) is 0 Å². The molecule has 0 nitrogen and oxygen atoms in total. The fraction of sp³-hybridized carbons (Fsp3) is 0.132. The summed E-state index contributed by atoms with van der Waals surface area (Å²) in [5.41, 5.74) is 16.9. The molecule has 1 aliphatic carbocycles. The normalized spacial score (nSPS) is 13.5. The largest absolute Gasteiger partial charge is 0.0622 e. The van der Waals surface area contributed by atoms with Crippen molar-refractivity contribution in [2.75, 3.05) is 0 Å². The summed E-state index contributed by atoms with van der Waals surface area (Å²) in [6, 6.07) is 61.6. The van der Waals surface area contributed by atoms with Gasteiger partial charge in [-0.05, 0) is 128 Å². The quantitative estimate of drug-likeness (QED) is 0.163.